The van der Waals surface area contributed by atoms with Crippen molar-refractivity contribution in [2.45, 2.75) is 43.7 Å². The van der Waals surface area contributed by atoms with E-state index in [4.69, 9.17) is 0 Å². The molecule has 5 nitrogen and oxygen atoms in total. The standard InChI is InChI=1S/C23H27F3N2O3S/c1-2-3-15-28(19-9-5-4-6-10-19)22(29)18-13-16-27(17-14-18)32(30,31)21-12-8-7-11-20(21)23(24,25)26/h4-12,18H,2-3,13-17H2,1H3. The van der Waals surface area contributed by atoms with Crippen molar-refractivity contribution >= 4 is 21.6 Å². The molecule has 0 bridgehead atoms. The number of hydrogen-bond donors (Lipinski definition) is 0. The van der Waals surface area contributed by atoms with Gasteiger partial charge in [0, 0.05) is 31.2 Å². The number of carbonyl (C=O) groups excluding carboxylic acids is 1. The van der Waals surface area contributed by atoms with Crippen LogP contribution in [0, 0.1) is 5.92 Å². The van der Waals surface area contributed by atoms with E-state index in [1.54, 1.807) is 4.90 Å². The topological polar surface area (TPSA) is 57.7 Å². The maximum Gasteiger partial charge on any atom is 0.417 e. The summed E-state index contributed by atoms with van der Waals surface area (Å²) in [5.74, 6) is -0.450. The molecule has 0 radical (unpaired) electrons. The zero-order chi connectivity index (χ0) is 23.4. The number of anilines is 1. The molecule has 1 saturated heterocycles. The number of para-hydroxylation sites is 1. The largest absolute Gasteiger partial charge is 0.417 e. The minimum Gasteiger partial charge on any atom is -0.312 e. The van der Waals surface area contributed by atoms with E-state index in [1.807, 2.05) is 37.3 Å². The third kappa shape index (κ3) is 5.32. The van der Waals surface area contributed by atoms with Gasteiger partial charge in [0.05, 0.1) is 10.5 Å². The Morgan fingerprint density at radius 1 is 1.03 bits per heavy atom. The Morgan fingerprint density at radius 2 is 1.62 bits per heavy atom. The van der Waals surface area contributed by atoms with Crippen LogP contribution in [0.5, 0.6) is 0 Å². The Kier molecular flexibility index (Phi) is 7.61. The van der Waals surface area contributed by atoms with Gasteiger partial charge in [0.1, 0.15) is 0 Å². The van der Waals surface area contributed by atoms with Crippen molar-refractivity contribution in [3.8, 4) is 0 Å². The number of piperidine rings is 1. The average molecular weight is 469 g/mol. The molecule has 2 aromatic carbocycles. The van der Waals surface area contributed by atoms with Gasteiger partial charge in [-0.2, -0.15) is 17.5 Å². The number of amides is 1. The van der Waals surface area contributed by atoms with Crippen molar-refractivity contribution < 1.29 is 26.4 Å². The van der Waals surface area contributed by atoms with Gasteiger partial charge in [-0.3, -0.25) is 4.79 Å². The van der Waals surface area contributed by atoms with Gasteiger partial charge in [0.25, 0.3) is 0 Å². The molecule has 1 aliphatic rings. The summed E-state index contributed by atoms with van der Waals surface area (Å²) in [6.45, 7) is 2.61. The zero-order valence-corrected chi connectivity index (χ0v) is 18.7. The molecule has 1 aliphatic heterocycles. The van der Waals surface area contributed by atoms with E-state index in [9.17, 15) is 26.4 Å². The number of hydrogen-bond acceptors (Lipinski definition) is 3. The van der Waals surface area contributed by atoms with Gasteiger partial charge in [0.2, 0.25) is 15.9 Å². The summed E-state index contributed by atoms with van der Waals surface area (Å²) in [5, 5.41) is 0. The van der Waals surface area contributed by atoms with Crippen LogP contribution < -0.4 is 4.90 Å². The van der Waals surface area contributed by atoms with E-state index < -0.39 is 26.7 Å². The highest BCUT2D eigenvalue weighted by Gasteiger charge is 2.40. The lowest BCUT2D eigenvalue weighted by Crippen LogP contribution is -2.45. The first kappa shape index (κ1) is 24.3. The summed E-state index contributed by atoms with van der Waals surface area (Å²) in [7, 11) is -4.32. The monoisotopic (exact) mass is 468 g/mol. The van der Waals surface area contributed by atoms with Crippen LogP contribution in [0.25, 0.3) is 0 Å². The van der Waals surface area contributed by atoms with E-state index in [1.165, 1.54) is 12.1 Å². The second-order valence-electron chi connectivity index (χ2n) is 7.85. The van der Waals surface area contributed by atoms with Crippen molar-refractivity contribution in [3.63, 3.8) is 0 Å². The number of benzene rings is 2. The van der Waals surface area contributed by atoms with Crippen LogP contribution in [0.4, 0.5) is 18.9 Å². The van der Waals surface area contributed by atoms with Crippen LogP contribution in [-0.2, 0) is 21.0 Å². The van der Waals surface area contributed by atoms with Crippen LogP contribution in [0.1, 0.15) is 38.2 Å². The summed E-state index contributed by atoms with van der Waals surface area (Å²) in [4.78, 5) is 14.2. The summed E-state index contributed by atoms with van der Waals surface area (Å²) >= 11 is 0. The molecule has 0 unspecified atom stereocenters. The van der Waals surface area contributed by atoms with Gasteiger partial charge < -0.3 is 4.90 Å². The van der Waals surface area contributed by atoms with Crippen LogP contribution in [0.2, 0.25) is 0 Å². The second kappa shape index (κ2) is 10.0. The SMILES string of the molecule is CCCCN(C(=O)C1CCN(S(=O)(=O)c2ccccc2C(F)(F)F)CC1)c1ccccc1. The Hall–Kier alpha value is -2.39. The fourth-order valence-electron chi connectivity index (χ4n) is 3.92. The molecule has 1 amide bonds. The lowest BCUT2D eigenvalue weighted by Gasteiger charge is -2.34. The maximum absolute atomic E-state index is 13.3. The minimum atomic E-state index is -4.77. The third-order valence-corrected chi connectivity index (χ3v) is 7.64. The van der Waals surface area contributed by atoms with Crippen LogP contribution in [0.3, 0.4) is 0 Å². The molecule has 1 fully saturated rings. The lowest BCUT2D eigenvalue weighted by molar-refractivity contribution is -0.139. The van der Waals surface area contributed by atoms with Gasteiger partial charge in [-0.15, -0.1) is 0 Å². The molecule has 1 heterocycles. The van der Waals surface area contributed by atoms with E-state index in [-0.39, 0.29) is 37.8 Å². The average Bonchev–Trinajstić information content (AvgIpc) is 2.79. The Labute approximate surface area is 186 Å². The molecule has 0 saturated carbocycles. The van der Waals surface area contributed by atoms with Crippen LogP contribution in [0.15, 0.2) is 59.5 Å². The number of unbranched alkanes of at least 4 members (excludes halogenated alkanes) is 1. The molecule has 32 heavy (non-hydrogen) atoms. The van der Waals surface area contributed by atoms with Gasteiger partial charge in [-0.25, -0.2) is 8.42 Å². The van der Waals surface area contributed by atoms with Gasteiger partial charge in [0.15, 0.2) is 0 Å². The molecule has 0 N–H and O–H groups in total. The van der Waals surface area contributed by atoms with Gasteiger partial charge in [-0.05, 0) is 43.5 Å². The highest BCUT2D eigenvalue weighted by Crippen LogP contribution is 2.36. The highest BCUT2D eigenvalue weighted by molar-refractivity contribution is 7.89. The maximum atomic E-state index is 13.3. The van der Waals surface area contributed by atoms with E-state index in [2.05, 4.69) is 0 Å². The minimum absolute atomic E-state index is 0.00133. The van der Waals surface area contributed by atoms with Crippen molar-refractivity contribution in [3.05, 3.63) is 60.2 Å². The molecular weight excluding hydrogens is 441 g/mol. The van der Waals surface area contributed by atoms with Gasteiger partial charge in [-0.1, -0.05) is 43.7 Å². The molecule has 9 heteroatoms. The fraction of sp³-hybridized carbons (Fsp3) is 0.435. The number of carbonyl (C=O) groups is 1. The summed E-state index contributed by atoms with van der Waals surface area (Å²) in [5.41, 5.74) is -0.381. The first-order valence-corrected chi connectivity index (χ1v) is 12.1. The third-order valence-electron chi connectivity index (χ3n) is 5.68. The van der Waals surface area contributed by atoms with Crippen molar-refractivity contribution in [2.75, 3.05) is 24.5 Å². The van der Waals surface area contributed by atoms with Crippen LogP contribution in [-0.4, -0.2) is 38.3 Å². The molecule has 0 atom stereocenters. The Bertz CT molecular complexity index is 1020. The Balaban J connectivity index is 1.75. The molecular formula is C23H27F3N2O3S. The predicted molar refractivity (Wildman–Crippen MR) is 117 cm³/mol. The molecule has 0 spiro atoms. The van der Waals surface area contributed by atoms with E-state index >= 15 is 0 Å². The predicted octanol–water partition coefficient (Wildman–Crippen LogP) is 4.94. The van der Waals surface area contributed by atoms with Gasteiger partial charge >= 0.3 is 6.18 Å². The van der Waals surface area contributed by atoms with E-state index in [0.717, 1.165) is 35.0 Å². The van der Waals surface area contributed by atoms with Crippen molar-refractivity contribution in [1.82, 2.24) is 4.31 Å². The first-order chi connectivity index (χ1) is 15.2. The molecule has 3 rings (SSSR count). The van der Waals surface area contributed by atoms with Crippen molar-refractivity contribution in [1.29, 1.82) is 0 Å². The van der Waals surface area contributed by atoms with E-state index in [0.29, 0.717) is 6.54 Å². The zero-order valence-electron chi connectivity index (χ0n) is 17.9. The second-order valence-corrected chi connectivity index (χ2v) is 9.76. The first-order valence-electron chi connectivity index (χ1n) is 10.7. The number of alkyl halides is 3. The summed E-state index contributed by atoms with van der Waals surface area (Å²) < 4.78 is 67.0. The lowest BCUT2D eigenvalue weighted by atomic mass is 9.96. The number of sulfonamides is 1. The number of rotatable bonds is 7. The summed E-state index contributed by atoms with van der Waals surface area (Å²) in [6, 6.07) is 13.5. The fourth-order valence-corrected chi connectivity index (χ4v) is 5.60. The Morgan fingerprint density at radius 3 is 2.22 bits per heavy atom. The quantitative estimate of drug-likeness (QED) is 0.578. The molecule has 174 valence electrons. The smallest absolute Gasteiger partial charge is 0.312 e. The number of nitrogens with zero attached hydrogens (tertiary/aromatic N) is 2. The molecule has 0 aromatic heterocycles. The normalized spacial score (nSPS) is 16.1. The summed E-state index contributed by atoms with van der Waals surface area (Å²) in [6.07, 6.45) is -2.48. The highest BCUT2D eigenvalue weighted by atomic mass is 32.2. The molecule has 2 aromatic rings. The molecule has 0 aliphatic carbocycles. The van der Waals surface area contributed by atoms with Crippen molar-refractivity contribution in [2.24, 2.45) is 5.92 Å². The van der Waals surface area contributed by atoms with Crippen LogP contribution >= 0.6 is 0 Å². The number of halogens is 3.